The van der Waals surface area contributed by atoms with Gasteiger partial charge in [0.25, 0.3) is 0 Å². The lowest BCUT2D eigenvalue weighted by atomic mass is 9.89. The molecule has 2 atom stereocenters. The van der Waals surface area contributed by atoms with Crippen LogP contribution in [0.15, 0.2) is 22.8 Å². The summed E-state index contributed by atoms with van der Waals surface area (Å²) in [5.41, 5.74) is 1.01. The van der Waals surface area contributed by atoms with Gasteiger partial charge < -0.3 is 4.74 Å². The molecule has 1 unspecified atom stereocenters. The number of nitrogens with two attached hydrogens (primary N) is 1. The molecule has 0 saturated heterocycles. The molecule has 20 heavy (non-hydrogen) atoms. The molecule has 114 valence electrons. The lowest BCUT2D eigenvalue weighted by Gasteiger charge is -2.27. The largest absolute Gasteiger partial charge is 0.385 e. The molecule has 0 aromatic carbocycles. The number of aromatic nitrogens is 1. The minimum Gasteiger partial charge on any atom is -0.385 e. The number of hydrogen-bond acceptors (Lipinski definition) is 3. The van der Waals surface area contributed by atoms with E-state index in [0.717, 1.165) is 36.2 Å². The molecule has 6 heteroatoms. The summed E-state index contributed by atoms with van der Waals surface area (Å²) < 4.78 is 17.2. The summed E-state index contributed by atoms with van der Waals surface area (Å²) in [6.07, 6.45) is 2.63. The van der Waals surface area contributed by atoms with Crippen molar-refractivity contribution in [3.8, 4) is 0 Å². The summed E-state index contributed by atoms with van der Waals surface area (Å²) in [4.78, 5) is 4.53. The van der Waals surface area contributed by atoms with Gasteiger partial charge in [0.2, 0.25) is 0 Å². The van der Waals surface area contributed by atoms with E-state index in [1.807, 2.05) is 32.0 Å². The summed E-state index contributed by atoms with van der Waals surface area (Å²) >= 11 is 3.40. The number of hydrogen-bond donors (Lipinski definition) is 1. The second kappa shape index (κ2) is 8.22. The minimum absolute atomic E-state index is 0.227. The summed E-state index contributed by atoms with van der Waals surface area (Å²) in [5.74, 6) is 0.227. The number of pyridine rings is 1. The van der Waals surface area contributed by atoms with Crippen LogP contribution in [0.2, 0.25) is 0 Å². The molecule has 0 fully saturated rings. The molecule has 0 aliphatic carbocycles. The fraction of sp³-hybridized carbons (Fsp3) is 0.643. The van der Waals surface area contributed by atoms with Crippen molar-refractivity contribution in [2.45, 2.75) is 43.8 Å². The second-order valence-corrected chi connectivity index (χ2v) is 7.99. The van der Waals surface area contributed by atoms with Crippen LogP contribution in [0.4, 0.5) is 0 Å². The Bertz CT molecular complexity index is 455. The molecule has 2 N–H and O–H groups in total. The first-order valence-electron chi connectivity index (χ1n) is 6.64. The molecule has 0 amide bonds. The number of rotatable bonds is 8. The molecular weight excluding hydrogens is 340 g/mol. The van der Waals surface area contributed by atoms with E-state index >= 15 is 0 Å². The summed E-state index contributed by atoms with van der Waals surface area (Å²) in [6, 6.07) is 5.89. The van der Waals surface area contributed by atoms with Gasteiger partial charge in [-0.2, -0.15) is 0 Å². The quantitative estimate of drug-likeness (QED) is 0.570. The molecule has 4 nitrogen and oxygen atoms in total. The van der Waals surface area contributed by atoms with Crippen molar-refractivity contribution in [3.05, 3.63) is 28.5 Å². The van der Waals surface area contributed by atoms with E-state index in [1.165, 1.54) is 0 Å². The zero-order chi connectivity index (χ0) is 15.2. The standard InChI is InChI=1S/C14H23BrN2O2S/c1-14(2,20(16)18)10-11(6-5-9-19-3)12-7-4-8-13(15)17-12/h4,7-8,11H,5-6,9-10,16H2,1-3H3/t11-,20?/m0/s1. The molecule has 0 radical (unpaired) electrons. The minimum atomic E-state index is -1.35. The van der Waals surface area contributed by atoms with Gasteiger partial charge in [0, 0.05) is 25.3 Å². The summed E-state index contributed by atoms with van der Waals surface area (Å²) in [7, 11) is 0.346. The van der Waals surface area contributed by atoms with Gasteiger partial charge in [0.15, 0.2) is 0 Å². The molecule has 0 spiro atoms. The SMILES string of the molecule is COCCC[C@@H](CC(C)(C)S(N)=O)c1cccc(Br)n1. The third-order valence-electron chi connectivity index (χ3n) is 3.34. The Morgan fingerprint density at radius 2 is 2.20 bits per heavy atom. The van der Waals surface area contributed by atoms with Crippen LogP contribution in [-0.2, 0) is 15.7 Å². The van der Waals surface area contributed by atoms with E-state index < -0.39 is 15.7 Å². The van der Waals surface area contributed by atoms with Gasteiger partial charge in [0.05, 0.1) is 15.7 Å². The Labute approximate surface area is 132 Å². The van der Waals surface area contributed by atoms with E-state index in [9.17, 15) is 4.21 Å². The normalized spacial score (nSPS) is 15.1. The highest BCUT2D eigenvalue weighted by atomic mass is 79.9. The lowest BCUT2D eigenvalue weighted by molar-refractivity contribution is 0.189. The van der Waals surface area contributed by atoms with Crippen molar-refractivity contribution in [1.82, 2.24) is 4.98 Å². The number of nitrogens with zero attached hydrogens (tertiary/aromatic N) is 1. The fourth-order valence-electron chi connectivity index (χ4n) is 2.16. The molecule has 0 bridgehead atoms. The molecule has 0 aliphatic heterocycles. The Morgan fingerprint density at radius 3 is 2.75 bits per heavy atom. The third-order valence-corrected chi connectivity index (χ3v) is 5.04. The molecule has 1 aromatic heterocycles. The molecule has 1 heterocycles. The van der Waals surface area contributed by atoms with Crippen LogP contribution in [0.3, 0.4) is 0 Å². The summed E-state index contributed by atoms with van der Waals surface area (Å²) in [5, 5.41) is 5.60. The number of ether oxygens (including phenoxy) is 1. The topological polar surface area (TPSA) is 65.2 Å². The van der Waals surface area contributed by atoms with E-state index in [0.29, 0.717) is 0 Å². The van der Waals surface area contributed by atoms with E-state index in [1.54, 1.807) is 7.11 Å². The van der Waals surface area contributed by atoms with Crippen LogP contribution in [0, 0.1) is 0 Å². The fourth-order valence-corrected chi connectivity index (χ4v) is 2.88. The Morgan fingerprint density at radius 1 is 1.50 bits per heavy atom. The third kappa shape index (κ3) is 5.60. The van der Waals surface area contributed by atoms with E-state index in [4.69, 9.17) is 9.88 Å². The Hall–Kier alpha value is -0.300. The zero-order valence-corrected chi connectivity index (χ0v) is 14.7. The van der Waals surface area contributed by atoms with Crippen LogP contribution >= 0.6 is 15.9 Å². The predicted octanol–water partition coefficient (Wildman–Crippen LogP) is 3.15. The van der Waals surface area contributed by atoms with Crippen molar-refractivity contribution in [2.75, 3.05) is 13.7 Å². The van der Waals surface area contributed by atoms with Gasteiger partial charge in [-0.05, 0) is 61.2 Å². The van der Waals surface area contributed by atoms with E-state index in [-0.39, 0.29) is 5.92 Å². The maximum absolute atomic E-state index is 11.7. The average Bonchev–Trinajstić information content (AvgIpc) is 2.37. The van der Waals surface area contributed by atoms with Crippen LogP contribution in [0.25, 0.3) is 0 Å². The van der Waals surface area contributed by atoms with Gasteiger partial charge in [-0.3, -0.25) is 5.14 Å². The highest BCUT2D eigenvalue weighted by molar-refractivity contribution is 9.10. The van der Waals surface area contributed by atoms with Crippen molar-refractivity contribution in [2.24, 2.45) is 5.14 Å². The van der Waals surface area contributed by atoms with Crippen molar-refractivity contribution in [3.63, 3.8) is 0 Å². The molecule has 1 rings (SSSR count). The van der Waals surface area contributed by atoms with Crippen molar-refractivity contribution >= 4 is 26.9 Å². The predicted molar refractivity (Wildman–Crippen MR) is 86.8 cm³/mol. The first-order valence-corrected chi connectivity index (χ1v) is 8.65. The van der Waals surface area contributed by atoms with Gasteiger partial charge in [-0.1, -0.05) is 6.07 Å². The first kappa shape index (κ1) is 17.8. The molecule has 0 saturated carbocycles. The number of methoxy groups -OCH3 is 1. The van der Waals surface area contributed by atoms with Gasteiger partial charge in [-0.25, -0.2) is 9.19 Å². The monoisotopic (exact) mass is 362 g/mol. The maximum atomic E-state index is 11.7. The highest BCUT2D eigenvalue weighted by Crippen LogP contribution is 2.32. The Kier molecular flexibility index (Phi) is 7.29. The molecular formula is C14H23BrN2O2S. The van der Waals surface area contributed by atoms with Crippen molar-refractivity contribution < 1.29 is 8.95 Å². The van der Waals surface area contributed by atoms with Gasteiger partial charge >= 0.3 is 0 Å². The van der Waals surface area contributed by atoms with Crippen LogP contribution in [-0.4, -0.2) is 27.7 Å². The van der Waals surface area contributed by atoms with Crippen LogP contribution in [0.1, 0.15) is 44.7 Å². The van der Waals surface area contributed by atoms with Crippen LogP contribution in [0.5, 0.6) is 0 Å². The zero-order valence-electron chi connectivity index (χ0n) is 12.3. The Balaban J connectivity index is 2.87. The van der Waals surface area contributed by atoms with Gasteiger partial charge in [0.1, 0.15) is 4.60 Å². The molecule has 1 aromatic rings. The average molecular weight is 363 g/mol. The first-order chi connectivity index (χ1) is 9.36. The van der Waals surface area contributed by atoms with E-state index in [2.05, 4.69) is 20.9 Å². The van der Waals surface area contributed by atoms with Gasteiger partial charge in [-0.15, -0.1) is 0 Å². The smallest absolute Gasteiger partial charge is 0.106 e. The number of halogens is 1. The van der Waals surface area contributed by atoms with Crippen molar-refractivity contribution in [1.29, 1.82) is 0 Å². The maximum Gasteiger partial charge on any atom is 0.106 e. The molecule has 0 aliphatic rings. The second-order valence-electron chi connectivity index (χ2n) is 5.48. The van der Waals surface area contributed by atoms with Crippen LogP contribution < -0.4 is 5.14 Å². The highest BCUT2D eigenvalue weighted by Gasteiger charge is 2.29. The lowest BCUT2D eigenvalue weighted by Crippen LogP contribution is -2.34. The summed E-state index contributed by atoms with van der Waals surface area (Å²) in [6.45, 7) is 4.59.